The Morgan fingerprint density at radius 1 is 1.41 bits per heavy atom. The van der Waals surface area contributed by atoms with Gasteiger partial charge in [0, 0.05) is 17.6 Å². The van der Waals surface area contributed by atoms with Crippen LogP contribution in [0.5, 0.6) is 0 Å². The lowest BCUT2D eigenvalue weighted by Gasteiger charge is -2.01. The Kier molecular flexibility index (Phi) is 2.77. The summed E-state index contributed by atoms with van der Waals surface area (Å²) in [7, 11) is 1.35. The van der Waals surface area contributed by atoms with Crippen molar-refractivity contribution in [2.24, 2.45) is 7.05 Å². The van der Waals surface area contributed by atoms with Gasteiger partial charge in [-0.25, -0.2) is 14.3 Å². The summed E-state index contributed by atoms with van der Waals surface area (Å²) in [4.78, 5) is 22.7. The minimum atomic E-state index is -1.24. The number of carbonyl (C=O) groups is 1. The second kappa shape index (κ2) is 4.10. The van der Waals surface area contributed by atoms with E-state index in [1.807, 2.05) is 0 Å². The summed E-state index contributed by atoms with van der Waals surface area (Å²) in [5, 5.41) is 9.35. The zero-order valence-corrected chi connectivity index (χ0v) is 9.56. The average molecular weight is 254 g/mol. The largest absolute Gasteiger partial charge is 0.476 e. The van der Waals surface area contributed by atoms with Crippen molar-refractivity contribution < 1.29 is 14.4 Å². The van der Waals surface area contributed by atoms with E-state index in [0.29, 0.717) is 10.6 Å². The van der Waals surface area contributed by atoms with Crippen molar-refractivity contribution in [2.45, 2.75) is 0 Å². The van der Waals surface area contributed by atoms with Crippen LogP contribution in [0.15, 0.2) is 33.6 Å². The van der Waals surface area contributed by atoms with Gasteiger partial charge in [0.2, 0.25) is 0 Å². The van der Waals surface area contributed by atoms with Gasteiger partial charge in [0.25, 0.3) is 0 Å². The van der Waals surface area contributed by atoms with Crippen molar-refractivity contribution in [3.8, 4) is 11.1 Å². The monoisotopic (exact) mass is 253 g/mol. The van der Waals surface area contributed by atoms with Crippen molar-refractivity contribution >= 4 is 17.6 Å². The lowest BCUT2D eigenvalue weighted by atomic mass is 10.1. The molecule has 1 heterocycles. The second-order valence-corrected chi connectivity index (χ2v) is 3.79. The van der Waals surface area contributed by atoms with Gasteiger partial charge in [0.05, 0.1) is 0 Å². The van der Waals surface area contributed by atoms with Crippen LogP contribution in [0.1, 0.15) is 10.5 Å². The molecule has 0 bridgehead atoms. The lowest BCUT2D eigenvalue weighted by Crippen LogP contribution is -2.06. The van der Waals surface area contributed by atoms with E-state index in [-0.39, 0.29) is 11.3 Å². The predicted octanol–water partition coefficient (Wildman–Crippen LogP) is 2.00. The summed E-state index contributed by atoms with van der Waals surface area (Å²) in [5.41, 5.74) is -0.632. The quantitative estimate of drug-likeness (QED) is 0.888. The van der Waals surface area contributed by atoms with Crippen LogP contribution >= 0.6 is 11.6 Å². The van der Waals surface area contributed by atoms with Crippen molar-refractivity contribution in [1.82, 2.24) is 4.74 Å². The van der Waals surface area contributed by atoms with Gasteiger partial charge in [-0.15, -0.1) is 0 Å². The molecular formula is C11H8ClNO4. The van der Waals surface area contributed by atoms with E-state index in [0.717, 1.165) is 4.74 Å². The highest BCUT2D eigenvalue weighted by atomic mass is 35.5. The Hall–Kier alpha value is -2.01. The molecule has 88 valence electrons. The molecule has 0 amide bonds. The number of nitrogens with zero attached hydrogens (tertiary/aromatic N) is 1. The maximum Gasteiger partial charge on any atom is 0.366 e. The molecule has 1 aromatic carbocycles. The zero-order valence-electron chi connectivity index (χ0n) is 8.81. The molecule has 0 atom stereocenters. The molecule has 5 nitrogen and oxygen atoms in total. The van der Waals surface area contributed by atoms with Gasteiger partial charge >= 0.3 is 11.6 Å². The average Bonchev–Trinajstić information content (AvgIpc) is 2.54. The van der Waals surface area contributed by atoms with Crippen molar-refractivity contribution in [2.75, 3.05) is 0 Å². The SMILES string of the molecule is Cn1oc(=O)c(-c2ccccc2Cl)c1C(=O)O. The lowest BCUT2D eigenvalue weighted by molar-refractivity contribution is 0.0673. The molecule has 1 N–H and O–H groups in total. The van der Waals surface area contributed by atoms with Crippen molar-refractivity contribution in [1.29, 1.82) is 0 Å². The fraction of sp³-hybridized carbons (Fsp3) is 0.0909. The van der Waals surface area contributed by atoms with E-state index in [9.17, 15) is 9.59 Å². The summed E-state index contributed by atoms with van der Waals surface area (Å²) in [6.07, 6.45) is 0. The van der Waals surface area contributed by atoms with Gasteiger partial charge in [0.15, 0.2) is 5.69 Å². The molecule has 0 aliphatic carbocycles. The van der Waals surface area contributed by atoms with Crippen molar-refractivity contribution in [3.05, 3.63) is 45.4 Å². The molecule has 0 aliphatic heterocycles. The number of aromatic carboxylic acids is 1. The summed E-state index contributed by atoms with van der Waals surface area (Å²) < 4.78 is 5.66. The molecule has 0 saturated carbocycles. The number of hydrogen-bond donors (Lipinski definition) is 1. The van der Waals surface area contributed by atoms with Gasteiger partial charge in [-0.3, -0.25) is 0 Å². The molecule has 6 heteroatoms. The summed E-state index contributed by atoms with van der Waals surface area (Å²) >= 11 is 5.93. The van der Waals surface area contributed by atoms with Gasteiger partial charge in [-0.05, 0) is 6.07 Å². The highest BCUT2D eigenvalue weighted by Gasteiger charge is 2.24. The van der Waals surface area contributed by atoms with Crippen LogP contribution in [-0.2, 0) is 7.05 Å². The summed E-state index contributed by atoms with van der Waals surface area (Å²) in [6.45, 7) is 0. The third kappa shape index (κ3) is 1.85. The Balaban J connectivity index is 2.81. The fourth-order valence-corrected chi connectivity index (χ4v) is 1.84. The summed E-state index contributed by atoms with van der Waals surface area (Å²) in [6, 6.07) is 6.51. The molecule has 0 spiro atoms. The van der Waals surface area contributed by atoms with Crippen LogP contribution in [-0.4, -0.2) is 15.8 Å². The van der Waals surface area contributed by atoms with Gasteiger partial charge in [-0.1, -0.05) is 29.8 Å². The number of aromatic nitrogens is 1. The smallest absolute Gasteiger partial charge is 0.366 e. The molecule has 17 heavy (non-hydrogen) atoms. The maximum atomic E-state index is 11.6. The first-order valence-corrected chi connectivity index (χ1v) is 5.08. The van der Waals surface area contributed by atoms with Gasteiger partial charge in [0.1, 0.15) is 5.56 Å². The predicted molar refractivity (Wildman–Crippen MR) is 61.4 cm³/mol. The van der Waals surface area contributed by atoms with Crippen LogP contribution in [0.2, 0.25) is 5.02 Å². The molecule has 2 rings (SSSR count). The number of halogens is 1. The van der Waals surface area contributed by atoms with Crippen LogP contribution in [0, 0.1) is 0 Å². The number of benzene rings is 1. The van der Waals surface area contributed by atoms with E-state index < -0.39 is 11.6 Å². The Morgan fingerprint density at radius 2 is 2.06 bits per heavy atom. The first-order valence-electron chi connectivity index (χ1n) is 4.71. The standard InChI is InChI=1S/C11H8ClNO4/c1-13-9(10(14)15)8(11(16)17-13)6-4-2-3-5-7(6)12/h2-5H,1H3,(H,14,15). The third-order valence-electron chi connectivity index (χ3n) is 2.32. The van der Waals surface area contributed by atoms with E-state index in [4.69, 9.17) is 21.2 Å². The number of aryl methyl sites for hydroxylation is 1. The molecule has 0 saturated heterocycles. The molecular weight excluding hydrogens is 246 g/mol. The molecule has 0 unspecified atom stereocenters. The molecule has 2 aromatic rings. The molecule has 0 fully saturated rings. The van der Waals surface area contributed by atoms with Crippen molar-refractivity contribution in [3.63, 3.8) is 0 Å². The van der Waals surface area contributed by atoms with Crippen LogP contribution in [0.3, 0.4) is 0 Å². The van der Waals surface area contributed by atoms with Gasteiger partial charge < -0.3 is 9.63 Å². The van der Waals surface area contributed by atoms with E-state index in [1.54, 1.807) is 24.3 Å². The normalized spacial score (nSPS) is 10.5. The third-order valence-corrected chi connectivity index (χ3v) is 2.65. The molecule has 0 aliphatic rings. The Bertz CT molecular complexity index is 641. The minimum absolute atomic E-state index is 0.0365. The molecule has 1 aromatic heterocycles. The topological polar surface area (TPSA) is 72.4 Å². The van der Waals surface area contributed by atoms with Crippen LogP contribution < -0.4 is 5.63 Å². The number of hydrogen-bond acceptors (Lipinski definition) is 3. The fourth-order valence-electron chi connectivity index (χ4n) is 1.61. The van der Waals surface area contributed by atoms with Gasteiger partial charge in [-0.2, -0.15) is 0 Å². The van der Waals surface area contributed by atoms with Crippen LogP contribution in [0.25, 0.3) is 11.1 Å². The Morgan fingerprint density at radius 3 is 2.65 bits per heavy atom. The highest BCUT2D eigenvalue weighted by molar-refractivity contribution is 6.33. The van der Waals surface area contributed by atoms with Crippen LogP contribution in [0.4, 0.5) is 0 Å². The second-order valence-electron chi connectivity index (χ2n) is 3.38. The number of carboxylic acid groups (broad SMARTS) is 1. The zero-order chi connectivity index (χ0) is 12.6. The Labute approximate surface area is 101 Å². The number of rotatable bonds is 2. The molecule has 0 radical (unpaired) electrons. The van der Waals surface area contributed by atoms with E-state index in [2.05, 4.69) is 0 Å². The maximum absolute atomic E-state index is 11.6. The highest BCUT2D eigenvalue weighted by Crippen LogP contribution is 2.27. The summed E-state index contributed by atoms with van der Waals surface area (Å²) in [5.74, 6) is -1.24. The first kappa shape index (κ1) is 11.5. The number of carboxylic acids is 1. The van der Waals surface area contributed by atoms with E-state index in [1.165, 1.54) is 7.05 Å². The first-order chi connectivity index (χ1) is 8.02. The van der Waals surface area contributed by atoms with E-state index >= 15 is 0 Å². The minimum Gasteiger partial charge on any atom is -0.476 e.